The number of rotatable bonds is 2. The smallest absolute Gasteiger partial charge is 0.0204 e. The van der Waals surface area contributed by atoms with Gasteiger partial charge in [-0.15, -0.1) is 0 Å². The highest BCUT2D eigenvalue weighted by atomic mass is 14.7. The van der Waals surface area contributed by atoms with E-state index in [0.717, 1.165) is 0 Å². The average molecular weight is 137 g/mol. The molecule has 56 valence electrons. The Morgan fingerprint density at radius 2 is 2.20 bits per heavy atom. The van der Waals surface area contributed by atoms with Crippen LogP contribution in [0, 0.1) is 0 Å². The molecule has 0 atom stereocenters. The third-order valence-corrected chi connectivity index (χ3v) is 2.21. The highest BCUT2D eigenvalue weighted by Crippen LogP contribution is 2.24. The zero-order chi connectivity index (χ0) is 7.61. The maximum atomic E-state index is 3.23. The minimum atomic E-state index is 0.309. The molecular formula is C9H15N. The van der Waals surface area contributed by atoms with Crippen LogP contribution >= 0.6 is 0 Å². The molecule has 1 heteroatoms. The number of hydrogen-bond acceptors (Lipinski definition) is 0. The maximum absolute atomic E-state index is 3.23. The Morgan fingerprint density at radius 3 is 2.60 bits per heavy atom. The van der Waals surface area contributed by atoms with Crippen molar-refractivity contribution in [1.82, 2.24) is 4.98 Å². The molecule has 1 aromatic rings. The third kappa shape index (κ3) is 1.23. The molecule has 0 aromatic carbocycles. The van der Waals surface area contributed by atoms with Gasteiger partial charge >= 0.3 is 0 Å². The molecule has 0 saturated carbocycles. The first-order valence-corrected chi connectivity index (χ1v) is 3.80. The van der Waals surface area contributed by atoms with E-state index in [9.17, 15) is 0 Å². The second kappa shape index (κ2) is 2.49. The van der Waals surface area contributed by atoms with E-state index in [4.69, 9.17) is 0 Å². The molecule has 0 saturated heterocycles. The second-order valence-electron chi connectivity index (χ2n) is 3.32. The Kier molecular flexibility index (Phi) is 1.84. The van der Waals surface area contributed by atoms with Gasteiger partial charge in [-0.2, -0.15) is 0 Å². The fraction of sp³-hybridized carbons (Fsp3) is 0.556. The lowest BCUT2D eigenvalue weighted by Gasteiger charge is -2.20. The van der Waals surface area contributed by atoms with E-state index in [1.807, 2.05) is 12.3 Å². The van der Waals surface area contributed by atoms with Crippen LogP contribution in [-0.4, -0.2) is 4.98 Å². The van der Waals surface area contributed by atoms with Gasteiger partial charge in [0.25, 0.3) is 0 Å². The number of aromatic amines is 1. The summed E-state index contributed by atoms with van der Waals surface area (Å²) < 4.78 is 0. The van der Waals surface area contributed by atoms with Gasteiger partial charge in [-0.1, -0.05) is 20.8 Å². The summed E-state index contributed by atoms with van der Waals surface area (Å²) in [4.78, 5) is 3.23. The quantitative estimate of drug-likeness (QED) is 0.645. The molecule has 0 aliphatic carbocycles. The van der Waals surface area contributed by atoms with Gasteiger partial charge in [-0.05, 0) is 18.6 Å². The average Bonchev–Trinajstić information content (AvgIpc) is 2.38. The molecule has 1 N–H and O–H groups in total. The number of hydrogen-bond donors (Lipinski definition) is 1. The highest BCUT2D eigenvalue weighted by molar-refractivity contribution is 5.14. The Bertz CT molecular complexity index is 185. The second-order valence-corrected chi connectivity index (χ2v) is 3.32. The minimum Gasteiger partial charge on any atom is -0.365 e. The van der Waals surface area contributed by atoms with Crippen molar-refractivity contribution in [3.63, 3.8) is 0 Å². The number of aromatic nitrogens is 1. The van der Waals surface area contributed by atoms with Crippen molar-refractivity contribution in [3.05, 3.63) is 24.0 Å². The van der Waals surface area contributed by atoms with Crippen LogP contribution in [0.5, 0.6) is 0 Å². The van der Waals surface area contributed by atoms with Gasteiger partial charge in [0.2, 0.25) is 0 Å². The van der Waals surface area contributed by atoms with Gasteiger partial charge in [0.15, 0.2) is 0 Å². The monoisotopic (exact) mass is 137 g/mol. The van der Waals surface area contributed by atoms with E-state index in [-0.39, 0.29) is 0 Å². The van der Waals surface area contributed by atoms with Crippen molar-refractivity contribution >= 4 is 0 Å². The van der Waals surface area contributed by atoms with Gasteiger partial charge in [0, 0.05) is 17.3 Å². The zero-order valence-corrected chi connectivity index (χ0v) is 6.94. The Balaban J connectivity index is 2.85. The standard InChI is InChI=1S/C9H15N/c1-4-9(2,3)8-6-5-7-10-8/h5-7,10H,4H2,1-3H3. The predicted molar refractivity (Wildman–Crippen MR) is 44.1 cm³/mol. The SMILES string of the molecule is CCC(C)(C)c1ccc[nH]1. The van der Waals surface area contributed by atoms with Crippen LogP contribution in [0.1, 0.15) is 32.9 Å². The van der Waals surface area contributed by atoms with Crippen molar-refractivity contribution in [2.24, 2.45) is 0 Å². The molecule has 1 heterocycles. The van der Waals surface area contributed by atoms with Crippen molar-refractivity contribution in [2.75, 3.05) is 0 Å². The molecule has 0 aliphatic heterocycles. The zero-order valence-electron chi connectivity index (χ0n) is 6.94. The van der Waals surface area contributed by atoms with Crippen LogP contribution in [0.4, 0.5) is 0 Å². The molecule has 0 fully saturated rings. The van der Waals surface area contributed by atoms with Gasteiger partial charge in [-0.25, -0.2) is 0 Å². The lowest BCUT2D eigenvalue weighted by atomic mass is 9.87. The normalized spacial score (nSPS) is 11.9. The first-order chi connectivity index (χ1) is 4.67. The van der Waals surface area contributed by atoms with Gasteiger partial charge in [0.1, 0.15) is 0 Å². The fourth-order valence-electron chi connectivity index (χ4n) is 0.942. The molecule has 10 heavy (non-hydrogen) atoms. The van der Waals surface area contributed by atoms with E-state index < -0.39 is 0 Å². The summed E-state index contributed by atoms with van der Waals surface area (Å²) in [6.07, 6.45) is 3.15. The van der Waals surface area contributed by atoms with Crippen molar-refractivity contribution < 1.29 is 0 Å². The van der Waals surface area contributed by atoms with Gasteiger partial charge in [-0.3, -0.25) is 0 Å². The molecule has 1 aromatic heterocycles. The van der Waals surface area contributed by atoms with E-state index in [0.29, 0.717) is 5.41 Å². The molecule has 0 aliphatic rings. The van der Waals surface area contributed by atoms with Crippen LogP contribution in [0.3, 0.4) is 0 Å². The van der Waals surface area contributed by atoms with Gasteiger partial charge in [0.05, 0.1) is 0 Å². The summed E-state index contributed by atoms with van der Waals surface area (Å²) in [6.45, 7) is 6.71. The van der Waals surface area contributed by atoms with Crippen molar-refractivity contribution in [3.8, 4) is 0 Å². The van der Waals surface area contributed by atoms with E-state index >= 15 is 0 Å². The van der Waals surface area contributed by atoms with E-state index in [2.05, 4.69) is 31.8 Å². The van der Waals surface area contributed by atoms with E-state index in [1.165, 1.54) is 12.1 Å². The maximum Gasteiger partial charge on any atom is 0.0204 e. The lowest BCUT2D eigenvalue weighted by molar-refractivity contribution is 0.493. The Hall–Kier alpha value is -0.720. The molecule has 1 nitrogen and oxygen atoms in total. The van der Waals surface area contributed by atoms with Crippen LogP contribution in [0.25, 0.3) is 0 Å². The van der Waals surface area contributed by atoms with E-state index in [1.54, 1.807) is 0 Å². The first kappa shape index (κ1) is 7.39. The van der Waals surface area contributed by atoms with Crippen molar-refractivity contribution in [2.45, 2.75) is 32.6 Å². The molecule has 1 rings (SSSR count). The summed E-state index contributed by atoms with van der Waals surface area (Å²) in [5, 5.41) is 0. The lowest BCUT2D eigenvalue weighted by Crippen LogP contribution is -2.15. The summed E-state index contributed by atoms with van der Waals surface area (Å²) in [7, 11) is 0. The van der Waals surface area contributed by atoms with Crippen LogP contribution < -0.4 is 0 Å². The van der Waals surface area contributed by atoms with Crippen LogP contribution in [-0.2, 0) is 5.41 Å². The van der Waals surface area contributed by atoms with Crippen LogP contribution in [0.2, 0.25) is 0 Å². The molecule has 0 radical (unpaired) electrons. The summed E-state index contributed by atoms with van der Waals surface area (Å²) in [5.74, 6) is 0. The summed E-state index contributed by atoms with van der Waals surface area (Å²) in [5.41, 5.74) is 1.64. The molecular weight excluding hydrogens is 122 g/mol. The highest BCUT2D eigenvalue weighted by Gasteiger charge is 2.17. The third-order valence-electron chi connectivity index (χ3n) is 2.21. The fourth-order valence-corrected chi connectivity index (χ4v) is 0.942. The van der Waals surface area contributed by atoms with Crippen molar-refractivity contribution in [1.29, 1.82) is 0 Å². The predicted octanol–water partition coefficient (Wildman–Crippen LogP) is 2.70. The molecule has 0 bridgehead atoms. The topological polar surface area (TPSA) is 15.8 Å². The Labute approximate surface area is 62.5 Å². The van der Waals surface area contributed by atoms with Gasteiger partial charge < -0.3 is 4.98 Å². The summed E-state index contributed by atoms with van der Waals surface area (Å²) >= 11 is 0. The Morgan fingerprint density at radius 1 is 1.50 bits per heavy atom. The van der Waals surface area contributed by atoms with Crippen LogP contribution in [0.15, 0.2) is 18.3 Å². The summed E-state index contributed by atoms with van der Waals surface area (Å²) in [6, 6.07) is 4.19. The largest absolute Gasteiger partial charge is 0.365 e. The number of nitrogens with one attached hydrogen (secondary N) is 1. The first-order valence-electron chi connectivity index (χ1n) is 3.80. The number of H-pyrrole nitrogens is 1. The minimum absolute atomic E-state index is 0.309. The molecule has 0 unspecified atom stereocenters. The molecule has 0 spiro atoms. The molecule has 0 amide bonds.